The van der Waals surface area contributed by atoms with Gasteiger partial charge in [-0.25, -0.2) is 4.39 Å². The van der Waals surface area contributed by atoms with Gasteiger partial charge in [0.15, 0.2) is 0 Å². The summed E-state index contributed by atoms with van der Waals surface area (Å²) < 4.78 is 14.5. The van der Waals surface area contributed by atoms with Gasteiger partial charge in [0.25, 0.3) is 0 Å². The fourth-order valence-corrected chi connectivity index (χ4v) is 3.65. The standard InChI is InChI=1S/C19H28FN3O2/c1-19(8-2-3-9-22-19)18(25)21-13-14-4-5-17(16(20)12-14)23-10-6-15(24)7-11-23/h4-5,12,15,22,24H,2-3,6-11,13H2,1H3,(H,21,25)/t19-/m1/s1. The van der Waals surface area contributed by atoms with Gasteiger partial charge in [-0.05, 0) is 63.3 Å². The molecule has 1 atom stereocenters. The smallest absolute Gasteiger partial charge is 0.240 e. The van der Waals surface area contributed by atoms with Crippen LogP contribution < -0.4 is 15.5 Å². The van der Waals surface area contributed by atoms with E-state index in [1.165, 1.54) is 6.07 Å². The van der Waals surface area contributed by atoms with E-state index < -0.39 is 5.54 Å². The number of aliphatic hydroxyl groups is 1. The van der Waals surface area contributed by atoms with E-state index >= 15 is 0 Å². The summed E-state index contributed by atoms with van der Waals surface area (Å²) in [6.45, 7) is 4.44. The van der Waals surface area contributed by atoms with Crippen LogP contribution in [-0.2, 0) is 11.3 Å². The highest BCUT2D eigenvalue weighted by Gasteiger charge is 2.33. The zero-order valence-corrected chi connectivity index (χ0v) is 14.9. The molecule has 6 heteroatoms. The van der Waals surface area contributed by atoms with Crippen molar-refractivity contribution in [2.24, 2.45) is 0 Å². The first kappa shape index (κ1) is 18.1. The Hall–Kier alpha value is -1.66. The lowest BCUT2D eigenvalue weighted by molar-refractivity contribution is -0.128. The van der Waals surface area contributed by atoms with Crippen LogP contribution in [0.25, 0.3) is 0 Å². The summed E-state index contributed by atoms with van der Waals surface area (Å²) in [6.07, 6.45) is 4.04. The van der Waals surface area contributed by atoms with Crippen molar-refractivity contribution in [3.05, 3.63) is 29.6 Å². The Balaban J connectivity index is 1.58. The third-order valence-electron chi connectivity index (χ3n) is 5.39. The number of carbonyl (C=O) groups is 1. The number of piperidine rings is 2. The van der Waals surface area contributed by atoms with Crippen LogP contribution >= 0.6 is 0 Å². The molecule has 1 aromatic rings. The van der Waals surface area contributed by atoms with Gasteiger partial charge in [-0.3, -0.25) is 4.79 Å². The van der Waals surface area contributed by atoms with Crippen molar-refractivity contribution in [2.75, 3.05) is 24.5 Å². The van der Waals surface area contributed by atoms with Gasteiger partial charge in [-0.2, -0.15) is 0 Å². The zero-order valence-electron chi connectivity index (χ0n) is 14.9. The van der Waals surface area contributed by atoms with Gasteiger partial charge in [0.05, 0.1) is 17.3 Å². The van der Waals surface area contributed by atoms with E-state index in [4.69, 9.17) is 0 Å². The van der Waals surface area contributed by atoms with Crippen LogP contribution in [0.3, 0.4) is 0 Å². The van der Waals surface area contributed by atoms with Crippen LogP contribution in [0.15, 0.2) is 18.2 Å². The molecule has 2 saturated heterocycles. The summed E-state index contributed by atoms with van der Waals surface area (Å²) in [6, 6.07) is 5.13. The lowest BCUT2D eigenvalue weighted by Gasteiger charge is -2.33. The molecule has 3 rings (SSSR count). The molecule has 0 spiro atoms. The number of nitrogens with one attached hydrogen (secondary N) is 2. The van der Waals surface area contributed by atoms with E-state index in [-0.39, 0.29) is 17.8 Å². The van der Waals surface area contributed by atoms with Crippen LogP contribution in [0.5, 0.6) is 0 Å². The highest BCUT2D eigenvalue weighted by molar-refractivity contribution is 5.85. The highest BCUT2D eigenvalue weighted by atomic mass is 19.1. The molecule has 1 aromatic carbocycles. The maximum Gasteiger partial charge on any atom is 0.240 e. The van der Waals surface area contributed by atoms with E-state index in [0.717, 1.165) is 31.4 Å². The molecule has 0 aliphatic carbocycles. The fraction of sp³-hybridized carbons (Fsp3) is 0.632. The van der Waals surface area contributed by atoms with Crippen molar-refractivity contribution in [2.45, 2.75) is 57.2 Å². The minimum absolute atomic E-state index is 0.0262. The Morgan fingerprint density at radius 1 is 1.40 bits per heavy atom. The molecule has 138 valence electrons. The van der Waals surface area contributed by atoms with Crippen LogP contribution in [0, 0.1) is 5.82 Å². The SMILES string of the molecule is C[C@]1(C(=O)NCc2ccc(N3CCC(O)CC3)c(F)c2)CCCCN1. The highest BCUT2D eigenvalue weighted by Crippen LogP contribution is 2.24. The number of carbonyl (C=O) groups excluding carboxylic acids is 1. The summed E-state index contributed by atoms with van der Waals surface area (Å²) in [5, 5.41) is 15.8. The molecule has 0 bridgehead atoms. The van der Waals surface area contributed by atoms with E-state index in [0.29, 0.717) is 38.2 Å². The molecular weight excluding hydrogens is 321 g/mol. The predicted molar refractivity (Wildman–Crippen MR) is 96.0 cm³/mol. The topological polar surface area (TPSA) is 64.6 Å². The summed E-state index contributed by atoms with van der Waals surface area (Å²) >= 11 is 0. The predicted octanol–water partition coefficient (Wildman–Crippen LogP) is 1.94. The first-order valence-corrected chi connectivity index (χ1v) is 9.23. The quantitative estimate of drug-likeness (QED) is 0.777. The van der Waals surface area contributed by atoms with E-state index in [1.807, 2.05) is 17.9 Å². The van der Waals surface area contributed by atoms with Crippen LogP contribution in [0.4, 0.5) is 10.1 Å². The van der Waals surface area contributed by atoms with Gasteiger partial charge in [0.2, 0.25) is 5.91 Å². The molecule has 1 amide bonds. The molecule has 0 saturated carbocycles. The zero-order chi connectivity index (χ0) is 17.9. The van der Waals surface area contributed by atoms with Crippen molar-refractivity contribution in [3.63, 3.8) is 0 Å². The Morgan fingerprint density at radius 3 is 2.80 bits per heavy atom. The van der Waals surface area contributed by atoms with Crippen molar-refractivity contribution in [1.29, 1.82) is 0 Å². The van der Waals surface area contributed by atoms with Crippen molar-refractivity contribution < 1.29 is 14.3 Å². The molecule has 2 fully saturated rings. The third-order valence-corrected chi connectivity index (χ3v) is 5.39. The molecule has 2 aliphatic rings. The number of benzene rings is 1. The molecule has 0 unspecified atom stereocenters. The third kappa shape index (κ3) is 4.30. The minimum Gasteiger partial charge on any atom is -0.393 e. The van der Waals surface area contributed by atoms with Crippen molar-refractivity contribution >= 4 is 11.6 Å². The number of rotatable bonds is 4. The molecule has 5 nitrogen and oxygen atoms in total. The number of amides is 1. The van der Waals surface area contributed by atoms with Crippen molar-refractivity contribution in [3.8, 4) is 0 Å². The Morgan fingerprint density at radius 2 is 2.16 bits per heavy atom. The van der Waals surface area contributed by atoms with E-state index in [1.54, 1.807) is 6.07 Å². The number of halogens is 1. The van der Waals surface area contributed by atoms with Gasteiger partial charge in [-0.15, -0.1) is 0 Å². The average molecular weight is 349 g/mol. The molecule has 2 aliphatic heterocycles. The summed E-state index contributed by atoms with van der Waals surface area (Å²) in [4.78, 5) is 14.4. The number of nitrogens with zero attached hydrogens (tertiary/aromatic N) is 1. The largest absolute Gasteiger partial charge is 0.393 e. The second kappa shape index (κ2) is 7.70. The molecule has 2 heterocycles. The van der Waals surface area contributed by atoms with Gasteiger partial charge in [0, 0.05) is 19.6 Å². The second-order valence-electron chi connectivity index (χ2n) is 7.40. The van der Waals surface area contributed by atoms with E-state index in [9.17, 15) is 14.3 Å². The molecule has 25 heavy (non-hydrogen) atoms. The summed E-state index contributed by atoms with van der Waals surface area (Å²) in [5.41, 5.74) is 0.805. The number of aliphatic hydroxyl groups excluding tert-OH is 1. The first-order chi connectivity index (χ1) is 12.0. The lowest BCUT2D eigenvalue weighted by Crippen LogP contribution is -2.56. The fourth-order valence-electron chi connectivity index (χ4n) is 3.65. The maximum atomic E-state index is 14.5. The van der Waals surface area contributed by atoms with E-state index in [2.05, 4.69) is 10.6 Å². The second-order valence-corrected chi connectivity index (χ2v) is 7.40. The number of hydrogen-bond donors (Lipinski definition) is 3. The molecule has 3 N–H and O–H groups in total. The van der Waals surface area contributed by atoms with Crippen LogP contribution in [0.2, 0.25) is 0 Å². The normalized spacial score (nSPS) is 25.0. The number of hydrogen-bond acceptors (Lipinski definition) is 4. The molecular formula is C19H28FN3O2. The van der Waals surface area contributed by atoms with Gasteiger partial charge in [-0.1, -0.05) is 6.07 Å². The van der Waals surface area contributed by atoms with Gasteiger partial charge >= 0.3 is 0 Å². The maximum absolute atomic E-state index is 14.5. The monoisotopic (exact) mass is 349 g/mol. The first-order valence-electron chi connectivity index (χ1n) is 9.23. The van der Waals surface area contributed by atoms with Crippen LogP contribution in [-0.4, -0.2) is 42.3 Å². The average Bonchev–Trinajstić information content (AvgIpc) is 2.61. The lowest BCUT2D eigenvalue weighted by atomic mass is 9.90. The summed E-state index contributed by atoms with van der Waals surface area (Å²) in [5.74, 6) is -0.299. The Labute approximate surface area is 148 Å². The molecule has 0 radical (unpaired) electrons. The van der Waals surface area contributed by atoms with Crippen LogP contribution in [0.1, 0.15) is 44.6 Å². The number of anilines is 1. The minimum atomic E-state index is -0.522. The van der Waals surface area contributed by atoms with Gasteiger partial charge in [0.1, 0.15) is 5.82 Å². The summed E-state index contributed by atoms with van der Waals surface area (Å²) in [7, 11) is 0. The Kier molecular flexibility index (Phi) is 5.59. The van der Waals surface area contributed by atoms with Crippen molar-refractivity contribution in [1.82, 2.24) is 10.6 Å². The van der Waals surface area contributed by atoms with Gasteiger partial charge < -0.3 is 20.6 Å². The Bertz CT molecular complexity index is 609. The molecule has 0 aromatic heterocycles.